The van der Waals surface area contributed by atoms with Crippen molar-refractivity contribution in [1.29, 1.82) is 0 Å². The number of carbonyl (C=O) groups is 1. The van der Waals surface area contributed by atoms with E-state index in [0.29, 0.717) is 5.78 Å². The minimum atomic E-state index is -0.0168. The molecule has 0 heterocycles. The van der Waals surface area contributed by atoms with Gasteiger partial charge in [0.15, 0.2) is 0 Å². The third-order valence-corrected chi connectivity index (χ3v) is 2.44. The summed E-state index contributed by atoms with van der Waals surface area (Å²) in [7, 11) is 0. The summed E-state index contributed by atoms with van der Waals surface area (Å²) >= 11 is 0. The standard InChI is InChI=1S/C10H21NO/c1-5-6-7(2)10(12)8(3)9(4)11/h7-9H,5-6,11H2,1-4H3. The molecule has 0 bridgehead atoms. The van der Waals surface area contributed by atoms with E-state index in [0.717, 1.165) is 12.8 Å². The van der Waals surface area contributed by atoms with Crippen LogP contribution in [-0.2, 0) is 4.79 Å². The van der Waals surface area contributed by atoms with Crippen molar-refractivity contribution >= 4 is 5.78 Å². The van der Waals surface area contributed by atoms with Gasteiger partial charge < -0.3 is 5.73 Å². The lowest BCUT2D eigenvalue weighted by Gasteiger charge is -2.18. The van der Waals surface area contributed by atoms with Crippen molar-refractivity contribution in [2.75, 3.05) is 0 Å². The monoisotopic (exact) mass is 171 g/mol. The molecule has 0 fully saturated rings. The van der Waals surface area contributed by atoms with Gasteiger partial charge in [-0.25, -0.2) is 0 Å². The van der Waals surface area contributed by atoms with Gasteiger partial charge in [0, 0.05) is 17.9 Å². The average Bonchev–Trinajstić information content (AvgIpc) is 2.02. The highest BCUT2D eigenvalue weighted by molar-refractivity contribution is 5.83. The van der Waals surface area contributed by atoms with Crippen molar-refractivity contribution < 1.29 is 4.79 Å². The minimum absolute atomic E-state index is 0.00606. The highest BCUT2D eigenvalue weighted by Gasteiger charge is 2.21. The molecule has 0 aliphatic heterocycles. The maximum Gasteiger partial charge on any atom is 0.140 e. The normalized spacial score (nSPS) is 18.4. The first-order valence-electron chi connectivity index (χ1n) is 4.80. The molecule has 2 nitrogen and oxygen atoms in total. The first-order chi connectivity index (χ1) is 5.50. The number of hydrogen-bond acceptors (Lipinski definition) is 2. The van der Waals surface area contributed by atoms with Gasteiger partial charge in [-0.15, -0.1) is 0 Å². The van der Waals surface area contributed by atoms with Crippen LogP contribution in [0.25, 0.3) is 0 Å². The topological polar surface area (TPSA) is 43.1 Å². The van der Waals surface area contributed by atoms with Crippen molar-refractivity contribution in [2.45, 2.75) is 46.6 Å². The van der Waals surface area contributed by atoms with E-state index < -0.39 is 0 Å². The highest BCUT2D eigenvalue weighted by Crippen LogP contribution is 2.14. The molecule has 0 aromatic carbocycles. The van der Waals surface area contributed by atoms with Crippen LogP contribution in [0, 0.1) is 11.8 Å². The Morgan fingerprint density at radius 2 is 1.83 bits per heavy atom. The number of hydrogen-bond donors (Lipinski definition) is 1. The van der Waals surface area contributed by atoms with Crippen LogP contribution in [0.15, 0.2) is 0 Å². The second-order valence-electron chi connectivity index (χ2n) is 3.74. The zero-order valence-electron chi connectivity index (χ0n) is 8.63. The molecule has 0 amide bonds. The minimum Gasteiger partial charge on any atom is -0.327 e. The van der Waals surface area contributed by atoms with Crippen LogP contribution in [0.1, 0.15) is 40.5 Å². The molecule has 0 aliphatic carbocycles. The fraction of sp³-hybridized carbons (Fsp3) is 0.900. The summed E-state index contributed by atoms with van der Waals surface area (Å²) in [6, 6.07) is -0.0168. The Morgan fingerprint density at radius 1 is 1.33 bits per heavy atom. The average molecular weight is 171 g/mol. The molecular weight excluding hydrogens is 150 g/mol. The number of rotatable bonds is 5. The highest BCUT2D eigenvalue weighted by atomic mass is 16.1. The number of nitrogens with two attached hydrogens (primary N) is 1. The van der Waals surface area contributed by atoms with E-state index in [-0.39, 0.29) is 17.9 Å². The largest absolute Gasteiger partial charge is 0.327 e. The van der Waals surface area contributed by atoms with Gasteiger partial charge in [0.2, 0.25) is 0 Å². The van der Waals surface area contributed by atoms with Gasteiger partial charge in [-0.1, -0.05) is 27.2 Å². The zero-order valence-corrected chi connectivity index (χ0v) is 8.63. The van der Waals surface area contributed by atoms with Gasteiger partial charge in [-0.2, -0.15) is 0 Å². The van der Waals surface area contributed by atoms with E-state index in [9.17, 15) is 4.79 Å². The van der Waals surface area contributed by atoms with Crippen LogP contribution in [0.2, 0.25) is 0 Å². The molecule has 3 unspecified atom stereocenters. The fourth-order valence-electron chi connectivity index (χ4n) is 1.28. The Kier molecular flexibility index (Phi) is 5.14. The predicted octanol–water partition coefficient (Wildman–Crippen LogP) is 1.98. The fourth-order valence-corrected chi connectivity index (χ4v) is 1.28. The van der Waals surface area contributed by atoms with Gasteiger partial charge in [-0.05, 0) is 13.3 Å². The van der Waals surface area contributed by atoms with Crippen molar-refractivity contribution in [3.63, 3.8) is 0 Å². The summed E-state index contributed by atoms with van der Waals surface area (Å²) in [5.41, 5.74) is 5.65. The molecule has 0 spiro atoms. The lowest BCUT2D eigenvalue weighted by molar-refractivity contribution is -0.126. The molecule has 2 N–H and O–H groups in total. The molecule has 3 atom stereocenters. The van der Waals surface area contributed by atoms with E-state index >= 15 is 0 Å². The SMILES string of the molecule is CCCC(C)C(=O)C(C)C(C)N. The molecule has 2 heteroatoms. The molecule has 72 valence electrons. The van der Waals surface area contributed by atoms with E-state index in [4.69, 9.17) is 5.73 Å². The molecular formula is C10H21NO. The smallest absolute Gasteiger partial charge is 0.140 e. The van der Waals surface area contributed by atoms with Crippen LogP contribution < -0.4 is 5.73 Å². The summed E-state index contributed by atoms with van der Waals surface area (Å²) in [6.07, 6.45) is 2.05. The van der Waals surface area contributed by atoms with E-state index in [1.165, 1.54) is 0 Å². The molecule has 0 radical (unpaired) electrons. The maximum atomic E-state index is 11.6. The summed E-state index contributed by atoms with van der Waals surface area (Å²) in [5, 5.41) is 0. The van der Waals surface area contributed by atoms with E-state index in [1.54, 1.807) is 0 Å². The van der Waals surface area contributed by atoms with Gasteiger partial charge in [0.1, 0.15) is 5.78 Å². The Labute approximate surface area is 75.5 Å². The van der Waals surface area contributed by atoms with Crippen LogP contribution in [0.4, 0.5) is 0 Å². The summed E-state index contributed by atoms with van der Waals surface area (Å²) in [4.78, 5) is 11.6. The second kappa shape index (κ2) is 5.31. The zero-order chi connectivity index (χ0) is 9.72. The number of carbonyl (C=O) groups excluding carboxylic acids is 1. The molecule has 0 aromatic heterocycles. The third kappa shape index (κ3) is 3.35. The molecule has 12 heavy (non-hydrogen) atoms. The summed E-state index contributed by atoms with van der Waals surface area (Å²) in [5.74, 6) is 0.495. The van der Waals surface area contributed by atoms with Crippen molar-refractivity contribution in [2.24, 2.45) is 17.6 Å². The lowest BCUT2D eigenvalue weighted by Crippen LogP contribution is -2.33. The van der Waals surface area contributed by atoms with E-state index in [2.05, 4.69) is 6.92 Å². The summed E-state index contributed by atoms with van der Waals surface area (Å²) < 4.78 is 0. The second-order valence-corrected chi connectivity index (χ2v) is 3.74. The molecule has 0 saturated carbocycles. The van der Waals surface area contributed by atoms with Gasteiger partial charge >= 0.3 is 0 Å². The number of Topliss-reactive ketones (excluding diaryl/α,β-unsaturated/α-hetero) is 1. The van der Waals surface area contributed by atoms with Crippen molar-refractivity contribution in [3.8, 4) is 0 Å². The Balaban J connectivity index is 4.00. The first kappa shape index (κ1) is 11.6. The van der Waals surface area contributed by atoms with Crippen molar-refractivity contribution in [3.05, 3.63) is 0 Å². The van der Waals surface area contributed by atoms with E-state index in [1.807, 2.05) is 20.8 Å². The quantitative estimate of drug-likeness (QED) is 0.687. The van der Waals surface area contributed by atoms with Crippen LogP contribution in [0.3, 0.4) is 0 Å². The van der Waals surface area contributed by atoms with Gasteiger partial charge in [-0.3, -0.25) is 4.79 Å². The van der Waals surface area contributed by atoms with Crippen LogP contribution in [0.5, 0.6) is 0 Å². The molecule has 0 rings (SSSR count). The van der Waals surface area contributed by atoms with Gasteiger partial charge in [0.05, 0.1) is 0 Å². The molecule has 0 saturated heterocycles. The van der Waals surface area contributed by atoms with Crippen LogP contribution in [-0.4, -0.2) is 11.8 Å². The molecule has 0 aliphatic rings. The summed E-state index contributed by atoms with van der Waals surface area (Å²) in [6.45, 7) is 7.89. The van der Waals surface area contributed by atoms with Gasteiger partial charge in [0.25, 0.3) is 0 Å². The lowest BCUT2D eigenvalue weighted by atomic mass is 9.88. The number of ketones is 1. The maximum absolute atomic E-state index is 11.6. The Hall–Kier alpha value is -0.370. The molecule has 0 aromatic rings. The first-order valence-corrected chi connectivity index (χ1v) is 4.80. The third-order valence-electron chi connectivity index (χ3n) is 2.44. The Morgan fingerprint density at radius 3 is 2.17 bits per heavy atom. The predicted molar refractivity (Wildman–Crippen MR) is 51.9 cm³/mol. The van der Waals surface area contributed by atoms with Crippen molar-refractivity contribution in [1.82, 2.24) is 0 Å². The Bertz CT molecular complexity index is 143. The van der Waals surface area contributed by atoms with Crippen LogP contribution >= 0.6 is 0 Å².